The molecule has 13 heteroatoms. The minimum Gasteiger partial charge on any atom is -0.484 e. The summed E-state index contributed by atoms with van der Waals surface area (Å²) in [6.07, 6.45) is 0. The van der Waals surface area contributed by atoms with Gasteiger partial charge in [0.25, 0.3) is 23.0 Å². The number of nitrogens with two attached hydrogens (primary N) is 1. The van der Waals surface area contributed by atoms with E-state index < -0.39 is 35.0 Å². The number of para-hydroxylation sites is 1. The van der Waals surface area contributed by atoms with Crippen LogP contribution in [0.2, 0.25) is 0 Å². The van der Waals surface area contributed by atoms with Crippen molar-refractivity contribution in [3.63, 3.8) is 0 Å². The van der Waals surface area contributed by atoms with Crippen LogP contribution >= 0.6 is 0 Å². The normalized spacial score (nSPS) is 15.9. The summed E-state index contributed by atoms with van der Waals surface area (Å²) in [7, 11) is 1.17. The molecule has 1 aliphatic rings. The number of primary amides is 1. The Labute approximate surface area is 180 Å². The molecule has 1 amide bonds. The number of ether oxygens (including phenoxy) is 2. The summed E-state index contributed by atoms with van der Waals surface area (Å²) in [5.74, 6) is -2.78. The number of rotatable bonds is 7. The molecule has 0 spiro atoms. The molecule has 0 radical (unpaired) electrons. The van der Waals surface area contributed by atoms with Crippen molar-refractivity contribution in [3.8, 4) is 5.75 Å². The molecule has 2 heterocycles. The second-order valence-electron chi connectivity index (χ2n) is 6.77. The number of carbonyl (C=O) groups excluding carboxylic acids is 2. The van der Waals surface area contributed by atoms with Gasteiger partial charge in [0.2, 0.25) is 0 Å². The van der Waals surface area contributed by atoms with Crippen LogP contribution in [-0.2, 0) is 16.1 Å². The van der Waals surface area contributed by atoms with Crippen molar-refractivity contribution in [2.75, 3.05) is 7.11 Å². The predicted octanol–water partition coefficient (Wildman–Crippen LogP) is 0.628. The minimum atomic E-state index is -1.12. The van der Waals surface area contributed by atoms with Crippen molar-refractivity contribution < 1.29 is 33.5 Å². The largest absolute Gasteiger partial charge is 0.484 e. The van der Waals surface area contributed by atoms with Gasteiger partial charge in [-0.15, -0.1) is 0 Å². The highest BCUT2D eigenvalue weighted by atomic mass is 16.8. The monoisotopic (exact) mass is 445 g/mol. The van der Waals surface area contributed by atoms with Gasteiger partial charge in [-0.3, -0.25) is 19.5 Å². The second kappa shape index (κ2) is 8.75. The zero-order valence-corrected chi connectivity index (χ0v) is 17.3. The van der Waals surface area contributed by atoms with Gasteiger partial charge in [-0.25, -0.2) is 4.79 Å². The van der Waals surface area contributed by atoms with Crippen LogP contribution in [0.15, 0.2) is 51.6 Å². The Bertz CT molecular complexity index is 1170. The summed E-state index contributed by atoms with van der Waals surface area (Å²) in [5.41, 5.74) is 5.18. The highest BCUT2D eigenvalue weighted by Gasteiger charge is 2.42. The number of hydrogen-bond acceptors (Lipinski definition) is 10. The van der Waals surface area contributed by atoms with E-state index in [-0.39, 0.29) is 33.3 Å². The van der Waals surface area contributed by atoms with Gasteiger partial charge in [0.15, 0.2) is 6.61 Å². The maximum Gasteiger partial charge on any atom is 0.336 e. The summed E-state index contributed by atoms with van der Waals surface area (Å²) in [5, 5.41) is 29.7. The molecule has 0 saturated carbocycles. The van der Waals surface area contributed by atoms with Gasteiger partial charge in [0.05, 0.1) is 23.3 Å². The van der Waals surface area contributed by atoms with Crippen LogP contribution in [0.3, 0.4) is 0 Å². The lowest BCUT2D eigenvalue weighted by Gasteiger charge is -2.27. The molecule has 32 heavy (non-hydrogen) atoms. The fourth-order valence-corrected chi connectivity index (χ4v) is 3.51. The molecule has 2 aromatic rings. The van der Waals surface area contributed by atoms with Crippen molar-refractivity contribution in [2.24, 2.45) is 5.73 Å². The van der Waals surface area contributed by atoms with Gasteiger partial charge in [0, 0.05) is 16.4 Å². The van der Waals surface area contributed by atoms with Crippen molar-refractivity contribution in [3.05, 3.63) is 79.2 Å². The molecule has 0 bridgehead atoms. The van der Waals surface area contributed by atoms with E-state index in [1.165, 1.54) is 20.1 Å². The highest BCUT2D eigenvalue weighted by Crippen LogP contribution is 2.42. The number of amides is 1. The van der Waals surface area contributed by atoms with E-state index >= 15 is 0 Å². The molecule has 1 atom stereocenters. The minimum absolute atomic E-state index is 0.0394. The lowest BCUT2D eigenvalue weighted by atomic mass is 9.83. The number of hydrogen-bond donors (Lipinski definition) is 2. The van der Waals surface area contributed by atoms with Gasteiger partial charge in [-0.1, -0.05) is 18.2 Å². The molecule has 1 unspecified atom stereocenters. The van der Waals surface area contributed by atoms with Crippen molar-refractivity contribution in [2.45, 2.75) is 26.4 Å². The van der Waals surface area contributed by atoms with Crippen LogP contribution in [0.1, 0.15) is 41.5 Å². The first-order chi connectivity index (χ1) is 15.2. The molecule has 3 N–H and O–H groups in total. The van der Waals surface area contributed by atoms with E-state index in [0.29, 0.717) is 11.3 Å². The average Bonchev–Trinajstić information content (AvgIpc) is 3.11. The standard InChI is InChI=1S/C19H19N5O8/c1-9-14(19(26)30-3)15(16(23(27)28)10(2)21-9)11-6-4-5-7-13(11)31-8-12-17(18(20)25)24(29)32-22-12/h4-7,15,21H,8H2,1-3H3,(H2,20,25). The summed E-state index contributed by atoms with van der Waals surface area (Å²) in [4.78, 5) is 35.2. The number of nitrogens with zero attached hydrogens (tertiary/aromatic N) is 3. The Kier molecular flexibility index (Phi) is 6.09. The first kappa shape index (κ1) is 22.3. The predicted molar refractivity (Wildman–Crippen MR) is 105 cm³/mol. The number of aromatic nitrogens is 2. The summed E-state index contributed by atoms with van der Waals surface area (Å²) in [6, 6.07) is 6.31. The number of methoxy groups -OCH3 is 1. The van der Waals surface area contributed by atoms with Crippen LogP contribution < -0.4 is 20.7 Å². The van der Waals surface area contributed by atoms with E-state index in [2.05, 4.69) is 15.1 Å². The Morgan fingerprint density at radius 3 is 2.62 bits per heavy atom. The number of nitrogens with one attached hydrogen (secondary N) is 1. The Hall–Kier alpha value is -4.42. The summed E-state index contributed by atoms with van der Waals surface area (Å²) < 4.78 is 15.0. The zero-order chi connectivity index (χ0) is 23.6. The third-order valence-corrected chi connectivity index (χ3v) is 4.84. The Balaban J connectivity index is 2.08. The number of carbonyl (C=O) groups is 2. The Morgan fingerprint density at radius 1 is 1.31 bits per heavy atom. The quantitative estimate of drug-likeness (QED) is 0.265. The van der Waals surface area contributed by atoms with Gasteiger partial charge in [-0.05, 0) is 24.8 Å². The third-order valence-electron chi connectivity index (χ3n) is 4.84. The Morgan fingerprint density at radius 2 is 2.00 bits per heavy atom. The molecule has 0 aliphatic carbocycles. The zero-order valence-electron chi connectivity index (χ0n) is 17.3. The van der Waals surface area contributed by atoms with Gasteiger partial charge < -0.3 is 25.7 Å². The van der Waals surface area contributed by atoms with E-state index in [0.717, 1.165) is 0 Å². The maximum atomic E-state index is 12.5. The average molecular weight is 445 g/mol. The molecule has 168 valence electrons. The van der Waals surface area contributed by atoms with E-state index in [9.17, 15) is 24.9 Å². The fraction of sp³-hybridized carbons (Fsp3) is 0.263. The molecule has 3 rings (SSSR count). The fourth-order valence-electron chi connectivity index (χ4n) is 3.51. The van der Waals surface area contributed by atoms with Crippen LogP contribution in [0.25, 0.3) is 0 Å². The number of allylic oxidation sites excluding steroid dienone is 3. The van der Waals surface area contributed by atoms with Gasteiger partial charge in [0.1, 0.15) is 11.7 Å². The SMILES string of the molecule is COC(=O)C1=C(C)NC(C)=C([N+](=O)[O-])C1c1ccccc1OCc1no[n+]([O-])c1C(N)=O. The number of benzene rings is 1. The lowest BCUT2D eigenvalue weighted by Crippen LogP contribution is -2.35. The molecule has 1 aromatic carbocycles. The molecule has 13 nitrogen and oxygen atoms in total. The smallest absolute Gasteiger partial charge is 0.336 e. The van der Waals surface area contributed by atoms with Gasteiger partial charge in [-0.2, -0.15) is 0 Å². The maximum absolute atomic E-state index is 12.5. The van der Waals surface area contributed by atoms with Crippen LogP contribution in [0, 0.1) is 15.3 Å². The number of esters is 1. The van der Waals surface area contributed by atoms with Crippen LogP contribution in [0.5, 0.6) is 5.75 Å². The van der Waals surface area contributed by atoms with E-state index in [4.69, 9.17) is 15.2 Å². The first-order valence-electron chi connectivity index (χ1n) is 9.18. The lowest BCUT2D eigenvalue weighted by molar-refractivity contribution is -0.803. The molecular weight excluding hydrogens is 426 g/mol. The molecular formula is C19H19N5O8. The number of dihydropyridines is 1. The first-order valence-corrected chi connectivity index (χ1v) is 9.18. The highest BCUT2D eigenvalue weighted by molar-refractivity contribution is 5.92. The van der Waals surface area contributed by atoms with E-state index in [1.807, 2.05) is 0 Å². The van der Waals surface area contributed by atoms with E-state index in [1.54, 1.807) is 25.1 Å². The van der Waals surface area contributed by atoms with Crippen LogP contribution in [0.4, 0.5) is 0 Å². The molecule has 0 fully saturated rings. The molecule has 0 saturated heterocycles. The van der Waals surface area contributed by atoms with Crippen molar-refractivity contribution >= 4 is 11.9 Å². The topological polar surface area (TPSA) is 187 Å². The number of nitro groups is 1. The van der Waals surface area contributed by atoms with Crippen molar-refractivity contribution in [1.82, 2.24) is 10.5 Å². The van der Waals surface area contributed by atoms with Crippen LogP contribution in [-0.4, -0.2) is 29.1 Å². The molecule has 1 aromatic heterocycles. The van der Waals surface area contributed by atoms with Gasteiger partial charge >= 0.3 is 5.97 Å². The van der Waals surface area contributed by atoms with Crippen molar-refractivity contribution in [1.29, 1.82) is 0 Å². The summed E-state index contributed by atoms with van der Waals surface area (Å²) in [6.45, 7) is 2.73. The summed E-state index contributed by atoms with van der Waals surface area (Å²) >= 11 is 0. The second-order valence-corrected chi connectivity index (χ2v) is 6.77. The molecule has 1 aliphatic heterocycles. The third kappa shape index (κ3) is 3.95.